The maximum Gasteiger partial charge on any atom is 0.230 e. The Bertz CT molecular complexity index is 741. The van der Waals surface area contributed by atoms with Crippen LogP contribution < -0.4 is 4.74 Å². The van der Waals surface area contributed by atoms with Crippen molar-refractivity contribution in [2.24, 2.45) is 5.41 Å². The normalized spacial score (nSPS) is 23.7. The van der Waals surface area contributed by atoms with Crippen molar-refractivity contribution < 1.29 is 13.9 Å². The first-order valence-corrected chi connectivity index (χ1v) is 9.36. The Labute approximate surface area is 154 Å². The van der Waals surface area contributed by atoms with Crippen molar-refractivity contribution in [1.82, 2.24) is 9.80 Å². The van der Waals surface area contributed by atoms with Gasteiger partial charge in [0.05, 0.1) is 25.3 Å². The SMILES string of the molecule is COc1ccc(CN2CCC3(CCCN(Cc4ccco4)C3)C2=O)cc1. The molecule has 1 aromatic heterocycles. The quantitative estimate of drug-likeness (QED) is 0.826. The van der Waals surface area contributed by atoms with Gasteiger partial charge in [-0.2, -0.15) is 0 Å². The van der Waals surface area contributed by atoms with Crippen molar-refractivity contribution in [1.29, 1.82) is 0 Å². The first-order chi connectivity index (χ1) is 12.7. The van der Waals surface area contributed by atoms with Gasteiger partial charge in [0.2, 0.25) is 5.91 Å². The highest BCUT2D eigenvalue weighted by atomic mass is 16.5. The smallest absolute Gasteiger partial charge is 0.230 e. The second-order valence-electron chi connectivity index (χ2n) is 7.50. The Morgan fingerprint density at radius 3 is 2.69 bits per heavy atom. The van der Waals surface area contributed by atoms with E-state index in [1.54, 1.807) is 13.4 Å². The van der Waals surface area contributed by atoms with Crippen molar-refractivity contribution in [3.8, 4) is 5.75 Å². The second kappa shape index (κ2) is 7.16. The first kappa shape index (κ1) is 17.2. The predicted molar refractivity (Wildman–Crippen MR) is 98.7 cm³/mol. The van der Waals surface area contributed by atoms with E-state index in [9.17, 15) is 4.79 Å². The highest BCUT2D eigenvalue weighted by molar-refractivity contribution is 5.85. The molecule has 2 fully saturated rings. The summed E-state index contributed by atoms with van der Waals surface area (Å²) in [5.41, 5.74) is 0.941. The molecule has 138 valence electrons. The average molecular weight is 354 g/mol. The number of likely N-dealkylation sites (tertiary alicyclic amines) is 2. The molecule has 5 heteroatoms. The standard InChI is InChI=1S/C21H26N2O3/c1-25-18-7-5-17(6-8-18)14-23-12-10-21(20(23)24)9-3-11-22(16-21)15-19-4-2-13-26-19/h2,4-8,13H,3,9-12,14-16H2,1H3. The van der Waals surface area contributed by atoms with E-state index < -0.39 is 0 Å². The molecule has 0 N–H and O–H groups in total. The van der Waals surface area contributed by atoms with Crippen LogP contribution in [0.4, 0.5) is 0 Å². The molecule has 5 nitrogen and oxygen atoms in total. The van der Waals surface area contributed by atoms with Crippen molar-refractivity contribution in [2.45, 2.75) is 32.4 Å². The Balaban J connectivity index is 1.41. The number of ether oxygens (including phenoxy) is 1. The fourth-order valence-electron chi connectivity index (χ4n) is 4.36. The fourth-order valence-corrected chi connectivity index (χ4v) is 4.36. The molecular formula is C21H26N2O3. The second-order valence-corrected chi connectivity index (χ2v) is 7.50. The molecular weight excluding hydrogens is 328 g/mol. The van der Waals surface area contributed by atoms with Crippen molar-refractivity contribution >= 4 is 5.91 Å². The molecule has 1 atom stereocenters. The molecule has 1 amide bonds. The Morgan fingerprint density at radius 2 is 1.96 bits per heavy atom. The number of hydrogen-bond acceptors (Lipinski definition) is 4. The minimum Gasteiger partial charge on any atom is -0.497 e. The van der Waals surface area contributed by atoms with E-state index in [4.69, 9.17) is 9.15 Å². The first-order valence-electron chi connectivity index (χ1n) is 9.36. The number of carbonyl (C=O) groups excluding carboxylic acids is 1. The lowest BCUT2D eigenvalue weighted by Gasteiger charge is -2.38. The minimum absolute atomic E-state index is 0.211. The number of hydrogen-bond donors (Lipinski definition) is 0. The van der Waals surface area contributed by atoms with Crippen LogP contribution in [0.5, 0.6) is 5.75 Å². The van der Waals surface area contributed by atoms with Crippen LogP contribution in [0.1, 0.15) is 30.6 Å². The molecule has 2 aliphatic heterocycles. The van der Waals surface area contributed by atoms with Crippen LogP contribution in [0, 0.1) is 5.41 Å². The lowest BCUT2D eigenvalue weighted by molar-refractivity contribution is -0.139. The van der Waals surface area contributed by atoms with Gasteiger partial charge >= 0.3 is 0 Å². The van der Waals surface area contributed by atoms with Gasteiger partial charge in [0.25, 0.3) is 0 Å². The molecule has 2 aliphatic rings. The molecule has 2 saturated heterocycles. The highest BCUT2D eigenvalue weighted by Crippen LogP contribution is 2.41. The van der Waals surface area contributed by atoms with Gasteiger partial charge in [0.1, 0.15) is 11.5 Å². The summed E-state index contributed by atoms with van der Waals surface area (Å²) >= 11 is 0. The highest BCUT2D eigenvalue weighted by Gasteiger charge is 2.48. The zero-order valence-corrected chi connectivity index (χ0v) is 15.3. The van der Waals surface area contributed by atoms with E-state index >= 15 is 0 Å². The summed E-state index contributed by atoms with van der Waals surface area (Å²) in [6, 6.07) is 11.9. The Hall–Kier alpha value is -2.27. The largest absolute Gasteiger partial charge is 0.497 e. The van der Waals surface area contributed by atoms with Crippen LogP contribution in [0.2, 0.25) is 0 Å². The third-order valence-electron chi connectivity index (χ3n) is 5.75. The van der Waals surface area contributed by atoms with Gasteiger partial charge in [-0.3, -0.25) is 9.69 Å². The van der Waals surface area contributed by atoms with Crippen LogP contribution in [0.3, 0.4) is 0 Å². The number of carbonyl (C=O) groups is 1. The van der Waals surface area contributed by atoms with Gasteiger partial charge in [0.15, 0.2) is 0 Å². The van der Waals surface area contributed by atoms with Gasteiger partial charge in [-0.25, -0.2) is 0 Å². The zero-order valence-electron chi connectivity index (χ0n) is 15.3. The molecule has 0 radical (unpaired) electrons. The van der Waals surface area contributed by atoms with Gasteiger partial charge in [-0.1, -0.05) is 12.1 Å². The summed E-state index contributed by atoms with van der Waals surface area (Å²) in [6.07, 6.45) is 4.74. The fraction of sp³-hybridized carbons (Fsp3) is 0.476. The molecule has 1 spiro atoms. The van der Waals surface area contributed by atoms with E-state index in [0.717, 1.165) is 62.5 Å². The van der Waals surface area contributed by atoms with Gasteiger partial charge < -0.3 is 14.1 Å². The molecule has 1 aromatic carbocycles. The van der Waals surface area contributed by atoms with Crippen LogP contribution in [0.15, 0.2) is 47.1 Å². The van der Waals surface area contributed by atoms with Crippen molar-refractivity contribution in [2.75, 3.05) is 26.7 Å². The minimum atomic E-state index is -0.211. The number of amides is 1. The summed E-state index contributed by atoms with van der Waals surface area (Å²) in [7, 11) is 1.67. The molecule has 3 heterocycles. The molecule has 2 aromatic rings. The van der Waals surface area contributed by atoms with E-state index in [0.29, 0.717) is 12.5 Å². The topological polar surface area (TPSA) is 45.9 Å². The Kier molecular flexibility index (Phi) is 4.72. The number of piperidine rings is 1. The van der Waals surface area contributed by atoms with Crippen LogP contribution >= 0.6 is 0 Å². The molecule has 0 bridgehead atoms. The Morgan fingerprint density at radius 1 is 1.12 bits per heavy atom. The predicted octanol–water partition coefficient (Wildman–Crippen LogP) is 3.30. The molecule has 26 heavy (non-hydrogen) atoms. The van der Waals surface area contributed by atoms with Crippen molar-refractivity contribution in [3.63, 3.8) is 0 Å². The van der Waals surface area contributed by atoms with Crippen LogP contribution in [-0.4, -0.2) is 42.5 Å². The van der Waals surface area contributed by atoms with Gasteiger partial charge in [-0.15, -0.1) is 0 Å². The lowest BCUT2D eigenvalue weighted by atomic mass is 9.78. The summed E-state index contributed by atoms with van der Waals surface area (Å²) in [4.78, 5) is 17.6. The summed E-state index contributed by atoms with van der Waals surface area (Å²) in [6.45, 7) is 4.20. The number of benzene rings is 1. The number of methoxy groups -OCH3 is 1. The summed E-state index contributed by atoms with van der Waals surface area (Å²) in [5.74, 6) is 2.14. The van der Waals surface area contributed by atoms with Gasteiger partial charge in [0, 0.05) is 19.6 Å². The lowest BCUT2D eigenvalue weighted by Crippen LogP contribution is -2.47. The maximum atomic E-state index is 13.2. The van der Waals surface area contributed by atoms with E-state index in [1.165, 1.54) is 0 Å². The molecule has 4 rings (SSSR count). The van der Waals surface area contributed by atoms with E-state index in [-0.39, 0.29) is 5.41 Å². The maximum absolute atomic E-state index is 13.2. The molecule has 0 saturated carbocycles. The summed E-state index contributed by atoms with van der Waals surface area (Å²) in [5, 5.41) is 0. The van der Waals surface area contributed by atoms with Gasteiger partial charge in [-0.05, 0) is 55.6 Å². The summed E-state index contributed by atoms with van der Waals surface area (Å²) < 4.78 is 10.7. The third kappa shape index (κ3) is 3.36. The van der Waals surface area contributed by atoms with Crippen LogP contribution in [-0.2, 0) is 17.9 Å². The number of furan rings is 1. The molecule has 1 unspecified atom stereocenters. The zero-order chi connectivity index (χ0) is 18.0. The molecule has 0 aliphatic carbocycles. The third-order valence-corrected chi connectivity index (χ3v) is 5.75. The van der Waals surface area contributed by atoms with E-state index in [1.807, 2.05) is 41.3 Å². The van der Waals surface area contributed by atoms with Crippen LogP contribution in [0.25, 0.3) is 0 Å². The number of rotatable bonds is 5. The average Bonchev–Trinajstić information content (AvgIpc) is 3.27. The van der Waals surface area contributed by atoms with E-state index in [2.05, 4.69) is 4.90 Å². The monoisotopic (exact) mass is 354 g/mol. The number of nitrogens with zero attached hydrogens (tertiary/aromatic N) is 2. The van der Waals surface area contributed by atoms with Crippen molar-refractivity contribution in [3.05, 3.63) is 54.0 Å².